The number of fused-ring (bicyclic) bond motifs is 1. The Bertz CT molecular complexity index is 771. The molecule has 6 heteroatoms. The topological polar surface area (TPSA) is 58.4 Å². The molecule has 122 valence electrons. The van der Waals surface area contributed by atoms with Gasteiger partial charge in [0.1, 0.15) is 0 Å². The highest BCUT2D eigenvalue weighted by atomic mass is 16.2. The predicted octanol–water partition coefficient (Wildman–Crippen LogP) is 0.949. The third-order valence-electron chi connectivity index (χ3n) is 4.45. The van der Waals surface area contributed by atoms with Gasteiger partial charge >= 0.3 is 0 Å². The molecule has 1 amide bonds. The van der Waals surface area contributed by atoms with E-state index in [1.54, 1.807) is 10.7 Å². The first-order chi connectivity index (χ1) is 11.1. The zero-order valence-corrected chi connectivity index (χ0v) is 13.6. The molecule has 3 rings (SSSR count). The normalized spacial score (nSPS) is 19.2. The number of hydrogen-bond acceptors (Lipinski definition) is 4. The van der Waals surface area contributed by atoms with Gasteiger partial charge in [0.2, 0.25) is 11.3 Å². The average molecular weight is 314 g/mol. The number of benzene rings is 1. The molecule has 0 aliphatic carbocycles. The Morgan fingerprint density at radius 2 is 2.09 bits per heavy atom. The number of nitrogens with zero attached hydrogens (tertiary/aromatic N) is 4. The second-order valence-corrected chi connectivity index (χ2v) is 6.20. The Hall–Kier alpha value is -2.21. The summed E-state index contributed by atoms with van der Waals surface area (Å²) in [7, 11) is 2.08. The van der Waals surface area contributed by atoms with E-state index >= 15 is 0 Å². The third-order valence-corrected chi connectivity index (χ3v) is 4.45. The highest BCUT2D eigenvalue weighted by Gasteiger charge is 2.25. The van der Waals surface area contributed by atoms with Gasteiger partial charge in [-0.25, -0.2) is 0 Å². The van der Waals surface area contributed by atoms with E-state index in [4.69, 9.17) is 0 Å². The van der Waals surface area contributed by atoms with Crippen LogP contribution < -0.4 is 5.43 Å². The molecule has 2 heterocycles. The van der Waals surface area contributed by atoms with Crippen LogP contribution in [0.1, 0.15) is 13.3 Å². The van der Waals surface area contributed by atoms with Gasteiger partial charge < -0.3 is 9.80 Å². The number of rotatable bonds is 3. The number of carbonyl (C=O) groups excluding carboxylic acids is 1. The van der Waals surface area contributed by atoms with E-state index in [1.807, 2.05) is 23.1 Å². The maximum Gasteiger partial charge on any atom is 0.224 e. The van der Waals surface area contributed by atoms with E-state index < -0.39 is 0 Å². The second kappa shape index (κ2) is 6.50. The monoisotopic (exact) mass is 314 g/mol. The highest BCUT2D eigenvalue weighted by Crippen LogP contribution is 2.12. The van der Waals surface area contributed by atoms with Crippen molar-refractivity contribution in [1.82, 2.24) is 19.6 Å². The van der Waals surface area contributed by atoms with Crippen molar-refractivity contribution < 1.29 is 4.79 Å². The molecule has 0 N–H and O–H groups in total. The molecular formula is C17H22N4O2. The molecule has 0 bridgehead atoms. The Balaban J connectivity index is 1.73. The number of piperazine rings is 1. The maximum atomic E-state index is 12.5. The minimum absolute atomic E-state index is 0.0872. The maximum absolute atomic E-state index is 12.5. The number of aromatic nitrogens is 2. The van der Waals surface area contributed by atoms with E-state index in [0.717, 1.165) is 25.2 Å². The Labute approximate surface area is 135 Å². The molecule has 1 aliphatic heterocycles. The number of hydrogen-bond donors (Lipinski definition) is 0. The van der Waals surface area contributed by atoms with Crippen LogP contribution in [0.2, 0.25) is 0 Å². The van der Waals surface area contributed by atoms with E-state index in [2.05, 4.69) is 24.0 Å². The lowest BCUT2D eigenvalue weighted by atomic mass is 10.2. The molecule has 1 aromatic carbocycles. The Morgan fingerprint density at radius 1 is 1.30 bits per heavy atom. The Morgan fingerprint density at radius 3 is 2.87 bits per heavy atom. The smallest absolute Gasteiger partial charge is 0.224 e. The fraction of sp³-hybridized carbons (Fsp3) is 0.471. The van der Waals surface area contributed by atoms with E-state index in [-0.39, 0.29) is 17.4 Å². The number of carbonyl (C=O) groups is 1. The van der Waals surface area contributed by atoms with E-state index in [0.29, 0.717) is 18.4 Å². The molecule has 0 spiro atoms. The third kappa shape index (κ3) is 3.27. The molecule has 0 unspecified atom stereocenters. The van der Waals surface area contributed by atoms with Gasteiger partial charge in [-0.2, -0.15) is 5.10 Å². The van der Waals surface area contributed by atoms with Crippen LogP contribution in [-0.4, -0.2) is 58.2 Å². The number of likely N-dealkylation sites (N-methyl/N-ethyl adjacent to an activating group) is 1. The number of aryl methyl sites for hydroxylation is 1. The molecule has 2 aromatic rings. The molecule has 1 aromatic heterocycles. The van der Waals surface area contributed by atoms with Crippen LogP contribution >= 0.6 is 0 Å². The summed E-state index contributed by atoms with van der Waals surface area (Å²) in [5.74, 6) is 0.148. The van der Waals surface area contributed by atoms with Gasteiger partial charge in [-0.05, 0) is 26.1 Å². The second-order valence-electron chi connectivity index (χ2n) is 6.20. The summed E-state index contributed by atoms with van der Waals surface area (Å²) < 4.78 is 1.75. The highest BCUT2D eigenvalue weighted by molar-refractivity contribution is 5.79. The van der Waals surface area contributed by atoms with Gasteiger partial charge in [0.05, 0.1) is 18.3 Å². The number of amides is 1. The van der Waals surface area contributed by atoms with Crippen molar-refractivity contribution >= 4 is 16.8 Å². The van der Waals surface area contributed by atoms with E-state index in [9.17, 15) is 9.59 Å². The van der Waals surface area contributed by atoms with Crippen molar-refractivity contribution in [2.75, 3.05) is 26.7 Å². The van der Waals surface area contributed by atoms with Crippen LogP contribution in [0.5, 0.6) is 0 Å². The van der Waals surface area contributed by atoms with Crippen molar-refractivity contribution in [3.05, 3.63) is 40.7 Å². The lowest BCUT2D eigenvalue weighted by molar-refractivity contribution is -0.135. The molecule has 1 atom stereocenters. The van der Waals surface area contributed by atoms with Crippen LogP contribution in [0.3, 0.4) is 0 Å². The average Bonchev–Trinajstić information content (AvgIpc) is 2.54. The quantitative estimate of drug-likeness (QED) is 0.846. The summed E-state index contributed by atoms with van der Waals surface area (Å²) in [4.78, 5) is 28.5. The number of para-hydroxylation sites is 1. The first kappa shape index (κ1) is 15.7. The molecule has 1 aliphatic rings. The molecular weight excluding hydrogens is 292 g/mol. The van der Waals surface area contributed by atoms with Gasteiger partial charge in [0, 0.05) is 37.5 Å². The first-order valence-corrected chi connectivity index (χ1v) is 7.99. The van der Waals surface area contributed by atoms with Crippen LogP contribution in [-0.2, 0) is 11.3 Å². The molecule has 0 radical (unpaired) electrons. The van der Waals surface area contributed by atoms with Crippen molar-refractivity contribution in [3.8, 4) is 0 Å². The molecule has 6 nitrogen and oxygen atoms in total. The van der Waals surface area contributed by atoms with Gasteiger partial charge in [0.25, 0.3) is 0 Å². The lowest BCUT2D eigenvalue weighted by Gasteiger charge is -2.38. The lowest BCUT2D eigenvalue weighted by Crippen LogP contribution is -2.52. The van der Waals surface area contributed by atoms with Crippen LogP contribution in [0, 0.1) is 0 Å². The van der Waals surface area contributed by atoms with Crippen LogP contribution in [0.25, 0.3) is 10.9 Å². The zero-order valence-electron chi connectivity index (χ0n) is 13.6. The van der Waals surface area contributed by atoms with Gasteiger partial charge in [-0.1, -0.05) is 12.1 Å². The fourth-order valence-corrected chi connectivity index (χ4v) is 3.19. The SMILES string of the molecule is C[C@H]1CN(C)CCN1C(=O)CCn1ncc(=O)c2ccccc21. The minimum Gasteiger partial charge on any atom is -0.337 e. The van der Waals surface area contributed by atoms with Gasteiger partial charge in [-0.3, -0.25) is 14.3 Å². The zero-order chi connectivity index (χ0) is 16.4. The predicted molar refractivity (Wildman–Crippen MR) is 89.3 cm³/mol. The van der Waals surface area contributed by atoms with Crippen LogP contribution in [0.15, 0.2) is 35.3 Å². The van der Waals surface area contributed by atoms with Crippen molar-refractivity contribution in [1.29, 1.82) is 0 Å². The summed E-state index contributed by atoms with van der Waals surface area (Å²) in [5.41, 5.74) is 0.690. The standard InChI is InChI=1S/C17H22N4O2/c1-13-12-19(2)9-10-20(13)17(23)7-8-21-15-6-4-3-5-14(15)16(22)11-18-21/h3-6,11,13H,7-10,12H2,1-2H3/t13-/m0/s1. The summed E-state index contributed by atoms with van der Waals surface area (Å²) in [6.45, 7) is 5.16. The summed E-state index contributed by atoms with van der Waals surface area (Å²) >= 11 is 0. The van der Waals surface area contributed by atoms with Crippen molar-refractivity contribution in [3.63, 3.8) is 0 Å². The summed E-state index contributed by atoms with van der Waals surface area (Å²) in [6.07, 6.45) is 1.72. The Kier molecular flexibility index (Phi) is 4.43. The summed E-state index contributed by atoms with van der Waals surface area (Å²) in [5, 5.41) is 4.82. The molecule has 1 saturated heterocycles. The summed E-state index contributed by atoms with van der Waals surface area (Å²) in [6, 6.07) is 7.61. The van der Waals surface area contributed by atoms with Gasteiger partial charge in [-0.15, -0.1) is 0 Å². The first-order valence-electron chi connectivity index (χ1n) is 7.99. The fourth-order valence-electron chi connectivity index (χ4n) is 3.19. The minimum atomic E-state index is -0.0872. The molecule has 23 heavy (non-hydrogen) atoms. The van der Waals surface area contributed by atoms with Crippen LogP contribution in [0.4, 0.5) is 0 Å². The van der Waals surface area contributed by atoms with Crippen molar-refractivity contribution in [2.24, 2.45) is 0 Å². The largest absolute Gasteiger partial charge is 0.337 e. The molecule has 1 fully saturated rings. The van der Waals surface area contributed by atoms with E-state index in [1.165, 1.54) is 6.20 Å². The molecule has 0 saturated carbocycles. The van der Waals surface area contributed by atoms with Crippen molar-refractivity contribution in [2.45, 2.75) is 25.9 Å². The van der Waals surface area contributed by atoms with Gasteiger partial charge in [0.15, 0.2) is 0 Å².